The summed E-state index contributed by atoms with van der Waals surface area (Å²) in [5.41, 5.74) is 1.59. The highest BCUT2D eigenvalue weighted by Crippen LogP contribution is 2.28. The van der Waals surface area contributed by atoms with Gasteiger partial charge < -0.3 is 14.2 Å². The van der Waals surface area contributed by atoms with Crippen LogP contribution in [0.5, 0.6) is 0 Å². The minimum atomic E-state index is 0.252. The molecule has 3 rings (SSSR count). The van der Waals surface area contributed by atoms with Crippen molar-refractivity contribution < 1.29 is 4.74 Å². The molecule has 20 heavy (non-hydrogen) atoms. The van der Waals surface area contributed by atoms with Gasteiger partial charge in [0.25, 0.3) is 0 Å². The minimum absolute atomic E-state index is 0.252. The van der Waals surface area contributed by atoms with Crippen LogP contribution in [0.25, 0.3) is 11.2 Å². The fourth-order valence-electron chi connectivity index (χ4n) is 2.50. The zero-order valence-corrected chi connectivity index (χ0v) is 12.6. The summed E-state index contributed by atoms with van der Waals surface area (Å²) in [6.45, 7) is 8.47. The summed E-state index contributed by atoms with van der Waals surface area (Å²) >= 11 is 6.10. The molecule has 1 atom stereocenters. The van der Waals surface area contributed by atoms with Crippen molar-refractivity contribution in [3.63, 3.8) is 0 Å². The van der Waals surface area contributed by atoms with E-state index in [0.717, 1.165) is 23.5 Å². The molecule has 1 saturated heterocycles. The third-order valence-electron chi connectivity index (χ3n) is 3.57. The second kappa shape index (κ2) is 5.18. The molecule has 0 bridgehead atoms. The van der Waals surface area contributed by atoms with Crippen molar-refractivity contribution >= 4 is 28.6 Å². The Hall–Kier alpha value is -1.40. The lowest BCUT2D eigenvalue weighted by atomic mass is 10.2. The molecule has 1 aliphatic heterocycles. The Bertz CT molecular complexity index is 626. The molecule has 7 heteroatoms. The number of aromatic nitrogens is 4. The van der Waals surface area contributed by atoms with Gasteiger partial charge in [-0.15, -0.1) is 0 Å². The lowest BCUT2D eigenvalue weighted by molar-refractivity contribution is 0.0986. The summed E-state index contributed by atoms with van der Waals surface area (Å²) in [4.78, 5) is 15.4. The number of hydrogen-bond acceptors (Lipinski definition) is 5. The molecule has 1 aliphatic rings. The summed E-state index contributed by atoms with van der Waals surface area (Å²) in [5.74, 6) is 0.801. The van der Waals surface area contributed by atoms with Gasteiger partial charge in [-0.1, -0.05) is 0 Å². The topological polar surface area (TPSA) is 56.1 Å². The van der Waals surface area contributed by atoms with Gasteiger partial charge in [0.15, 0.2) is 17.0 Å². The van der Waals surface area contributed by atoms with E-state index in [0.29, 0.717) is 13.2 Å². The molecule has 0 aromatic carbocycles. The van der Waals surface area contributed by atoms with Crippen LogP contribution in [0, 0.1) is 0 Å². The molecule has 108 valence electrons. The molecule has 0 radical (unpaired) electrons. The zero-order valence-electron chi connectivity index (χ0n) is 11.9. The smallest absolute Gasteiger partial charge is 0.226 e. The van der Waals surface area contributed by atoms with Crippen LogP contribution in [0.4, 0.5) is 5.82 Å². The van der Waals surface area contributed by atoms with E-state index < -0.39 is 0 Å². The van der Waals surface area contributed by atoms with Gasteiger partial charge in [0.2, 0.25) is 5.28 Å². The molecule has 3 heterocycles. The third-order valence-corrected chi connectivity index (χ3v) is 3.74. The number of fused-ring (bicyclic) bond motifs is 1. The first-order chi connectivity index (χ1) is 9.58. The number of hydrogen-bond donors (Lipinski definition) is 0. The van der Waals surface area contributed by atoms with Crippen molar-refractivity contribution in [3.8, 4) is 0 Å². The van der Waals surface area contributed by atoms with Crippen LogP contribution in [0.2, 0.25) is 5.28 Å². The van der Waals surface area contributed by atoms with Gasteiger partial charge in [-0.25, -0.2) is 4.98 Å². The lowest BCUT2D eigenvalue weighted by Crippen LogP contribution is -2.44. The van der Waals surface area contributed by atoms with Crippen molar-refractivity contribution in [1.82, 2.24) is 19.5 Å². The highest BCUT2D eigenvalue weighted by atomic mass is 35.5. The summed E-state index contributed by atoms with van der Waals surface area (Å²) < 4.78 is 7.49. The highest BCUT2D eigenvalue weighted by Gasteiger charge is 2.25. The molecule has 1 fully saturated rings. The van der Waals surface area contributed by atoms with E-state index in [9.17, 15) is 0 Å². The molecule has 0 aliphatic carbocycles. The highest BCUT2D eigenvalue weighted by molar-refractivity contribution is 6.28. The second-order valence-corrected chi connectivity index (χ2v) is 5.69. The van der Waals surface area contributed by atoms with Crippen LogP contribution in [0.3, 0.4) is 0 Å². The first kappa shape index (κ1) is 13.6. The van der Waals surface area contributed by atoms with Crippen molar-refractivity contribution in [2.24, 2.45) is 0 Å². The first-order valence-electron chi connectivity index (χ1n) is 6.82. The van der Waals surface area contributed by atoms with Gasteiger partial charge in [-0.3, -0.25) is 0 Å². The molecule has 0 N–H and O–H groups in total. The van der Waals surface area contributed by atoms with Crippen LogP contribution >= 0.6 is 11.6 Å². The SMILES string of the molecule is CC1COCCN1c1nc(Cl)nc2c1ncn2C(C)C. The van der Waals surface area contributed by atoms with Crippen LogP contribution in [-0.2, 0) is 4.74 Å². The molecule has 0 saturated carbocycles. The minimum Gasteiger partial charge on any atom is -0.377 e. The number of morpholine rings is 1. The van der Waals surface area contributed by atoms with Gasteiger partial charge >= 0.3 is 0 Å². The van der Waals surface area contributed by atoms with Crippen molar-refractivity contribution in [2.45, 2.75) is 32.9 Å². The normalized spacial score (nSPS) is 20.1. The Balaban J connectivity index is 2.15. The Kier molecular flexibility index (Phi) is 3.52. The van der Waals surface area contributed by atoms with Crippen LogP contribution in [0.15, 0.2) is 6.33 Å². The van der Waals surface area contributed by atoms with Gasteiger partial charge in [0.05, 0.1) is 25.6 Å². The van der Waals surface area contributed by atoms with Gasteiger partial charge in [0, 0.05) is 12.6 Å². The fraction of sp³-hybridized carbons (Fsp3) is 0.615. The summed E-state index contributed by atoms with van der Waals surface area (Å²) in [6, 6.07) is 0.531. The van der Waals surface area contributed by atoms with E-state index in [1.807, 2.05) is 4.57 Å². The molecule has 2 aromatic rings. The molecule has 0 spiro atoms. The van der Waals surface area contributed by atoms with Crippen LogP contribution < -0.4 is 4.90 Å². The largest absolute Gasteiger partial charge is 0.377 e. The van der Waals surface area contributed by atoms with Crippen molar-refractivity contribution in [2.75, 3.05) is 24.7 Å². The standard InChI is InChI=1S/C13H18ClN5O/c1-8(2)19-7-15-10-11(16-13(14)17-12(10)19)18-4-5-20-6-9(18)3/h7-9H,4-6H2,1-3H3. The Morgan fingerprint density at radius 2 is 2.20 bits per heavy atom. The molecule has 6 nitrogen and oxygen atoms in total. The van der Waals surface area contributed by atoms with E-state index in [1.54, 1.807) is 6.33 Å². The predicted molar refractivity (Wildman–Crippen MR) is 78.3 cm³/mol. The lowest BCUT2D eigenvalue weighted by Gasteiger charge is -2.34. The van der Waals surface area contributed by atoms with Gasteiger partial charge in [-0.05, 0) is 32.4 Å². The zero-order chi connectivity index (χ0) is 14.3. The molecular weight excluding hydrogens is 278 g/mol. The van der Waals surface area contributed by atoms with E-state index in [-0.39, 0.29) is 17.4 Å². The summed E-state index contributed by atoms with van der Waals surface area (Å²) in [7, 11) is 0. The number of ether oxygens (including phenoxy) is 1. The summed E-state index contributed by atoms with van der Waals surface area (Å²) in [6.07, 6.45) is 1.80. The number of halogens is 1. The van der Waals surface area contributed by atoms with Gasteiger partial charge in [0.1, 0.15) is 0 Å². The molecule has 2 aromatic heterocycles. The number of rotatable bonds is 2. The van der Waals surface area contributed by atoms with E-state index >= 15 is 0 Å². The predicted octanol–water partition coefficient (Wildman–Crippen LogP) is 2.29. The Morgan fingerprint density at radius 1 is 1.40 bits per heavy atom. The van der Waals surface area contributed by atoms with Crippen LogP contribution in [0.1, 0.15) is 26.8 Å². The quantitative estimate of drug-likeness (QED) is 0.796. The second-order valence-electron chi connectivity index (χ2n) is 5.35. The summed E-state index contributed by atoms with van der Waals surface area (Å²) in [5, 5.41) is 0.258. The monoisotopic (exact) mass is 295 g/mol. The third kappa shape index (κ3) is 2.23. The maximum absolute atomic E-state index is 6.10. The molecular formula is C13H18ClN5O. The number of nitrogens with zero attached hydrogens (tertiary/aromatic N) is 5. The maximum atomic E-state index is 6.10. The van der Waals surface area contributed by atoms with E-state index in [2.05, 4.69) is 40.6 Å². The van der Waals surface area contributed by atoms with Crippen molar-refractivity contribution in [1.29, 1.82) is 0 Å². The average Bonchev–Trinajstić information content (AvgIpc) is 2.82. The van der Waals surface area contributed by atoms with Crippen molar-refractivity contribution in [3.05, 3.63) is 11.6 Å². The maximum Gasteiger partial charge on any atom is 0.226 e. The number of anilines is 1. The van der Waals surface area contributed by atoms with E-state index in [4.69, 9.17) is 16.3 Å². The molecule has 1 unspecified atom stereocenters. The molecule has 0 amide bonds. The average molecular weight is 296 g/mol. The van der Waals surface area contributed by atoms with Gasteiger partial charge in [-0.2, -0.15) is 9.97 Å². The fourth-order valence-corrected chi connectivity index (χ4v) is 2.66. The van der Waals surface area contributed by atoms with Crippen LogP contribution in [-0.4, -0.2) is 45.3 Å². The first-order valence-corrected chi connectivity index (χ1v) is 7.20. The number of imidazole rings is 1. The Labute approximate surface area is 122 Å². The Morgan fingerprint density at radius 3 is 2.90 bits per heavy atom. The van der Waals surface area contributed by atoms with E-state index in [1.165, 1.54) is 0 Å².